The van der Waals surface area contributed by atoms with Crippen LogP contribution in [0.15, 0.2) is 18.2 Å². The van der Waals surface area contributed by atoms with Crippen LogP contribution >= 0.6 is 35.6 Å². The number of halogens is 3. The van der Waals surface area contributed by atoms with E-state index in [0.29, 0.717) is 28.1 Å². The molecule has 1 fully saturated rings. The second-order valence-corrected chi connectivity index (χ2v) is 5.37. The molecule has 3 nitrogen and oxygen atoms in total. The van der Waals surface area contributed by atoms with Gasteiger partial charge in [0.2, 0.25) is 0 Å². The summed E-state index contributed by atoms with van der Waals surface area (Å²) in [7, 11) is 0. The Morgan fingerprint density at radius 2 is 2.21 bits per heavy atom. The Kier molecular flexibility index (Phi) is 6.94. The van der Waals surface area contributed by atoms with E-state index in [9.17, 15) is 4.79 Å². The van der Waals surface area contributed by atoms with E-state index in [-0.39, 0.29) is 18.3 Å². The van der Waals surface area contributed by atoms with Crippen LogP contribution in [0.25, 0.3) is 0 Å². The van der Waals surface area contributed by atoms with Crippen LogP contribution in [0.2, 0.25) is 10.0 Å². The van der Waals surface area contributed by atoms with Gasteiger partial charge in [-0.25, -0.2) is 0 Å². The van der Waals surface area contributed by atoms with E-state index in [1.807, 2.05) is 0 Å². The molecule has 2 N–H and O–H groups in total. The lowest BCUT2D eigenvalue weighted by Gasteiger charge is -2.10. The van der Waals surface area contributed by atoms with Crippen LogP contribution in [0.5, 0.6) is 0 Å². The first-order valence-electron chi connectivity index (χ1n) is 6.11. The molecule has 0 spiro atoms. The van der Waals surface area contributed by atoms with Gasteiger partial charge in [-0.05, 0) is 50.0 Å². The molecule has 0 aliphatic carbocycles. The molecule has 1 amide bonds. The highest BCUT2D eigenvalue weighted by molar-refractivity contribution is 6.35. The molecular formula is C13H17Cl3N2O. The minimum Gasteiger partial charge on any atom is -0.352 e. The van der Waals surface area contributed by atoms with Crippen LogP contribution < -0.4 is 10.6 Å². The molecule has 2 rings (SSSR count). The maximum Gasteiger partial charge on any atom is 0.252 e. The van der Waals surface area contributed by atoms with Gasteiger partial charge in [-0.15, -0.1) is 12.4 Å². The Balaban J connectivity index is 0.00000180. The van der Waals surface area contributed by atoms with Crippen LogP contribution in [0.3, 0.4) is 0 Å². The smallest absolute Gasteiger partial charge is 0.252 e. The standard InChI is InChI=1S/C13H16Cl2N2O.ClH/c14-10-1-2-12(15)11(7-10)13(18)17-6-4-9-3-5-16-8-9;/h1-2,7,9,16H,3-6,8H2,(H,17,18);1H. The van der Waals surface area contributed by atoms with Crippen LogP contribution in [0.1, 0.15) is 23.2 Å². The highest BCUT2D eigenvalue weighted by atomic mass is 35.5. The fourth-order valence-corrected chi connectivity index (χ4v) is 2.49. The molecule has 0 radical (unpaired) electrons. The third kappa shape index (κ3) is 4.84. The van der Waals surface area contributed by atoms with Crippen molar-refractivity contribution in [1.29, 1.82) is 0 Å². The van der Waals surface area contributed by atoms with Crippen molar-refractivity contribution in [2.75, 3.05) is 19.6 Å². The molecule has 1 aliphatic rings. The second-order valence-electron chi connectivity index (χ2n) is 4.53. The van der Waals surface area contributed by atoms with Gasteiger partial charge in [0.1, 0.15) is 0 Å². The van der Waals surface area contributed by atoms with Crippen molar-refractivity contribution in [2.45, 2.75) is 12.8 Å². The van der Waals surface area contributed by atoms with Gasteiger partial charge in [0, 0.05) is 11.6 Å². The number of carbonyl (C=O) groups excluding carboxylic acids is 1. The summed E-state index contributed by atoms with van der Waals surface area (Å²) in [6.45, 7) is 2.81. The summed E-state index contributed by atoms with van der Waals surface area (Å²) in [6, 6.07) is 4.90. The number of nitrogens with one attached hydrogen (secondary N) is 2. The summed E-state index contributed by atoms with van der Waals surface area (Å²) in [5, 5.41) is 7.14. The van der Waals surface area contributed by atoms with Gasteiger partial charge in [0.25, 0.3) is 5.91 Å². The summed E-state index contributed by atoms with van der Waals surface area (Å²) < 4.78 is 0. The van der Waals surface area contributed by atoms with Gasteiger partial charge in [-0.3, -0.25) is 4.79 Å². The zero-order valence-corrected chi connectivity index (χ0v) is 12.7. The highest BCUT2D eigenvalue weighted by Gasteiger charge is 2.15. The number of amides is 1. The zero-order valence-electron chi connectivity index (χ0n) is 10.4. The molecule has 1 saturated heterocycles. The molecule has 1 atom stereocenters. The van der Waals surface area contributed by atoms with Gasteiger partial charge in [0.05, 0.1) is 10.6 Å². The molecule has 1 unspecified atom stereocenters. The van der Waals surface area contributed by atoms with E-state index < -0.39 is 0 Å². The van der Waals surface area contributed by atoms with E-state index in [1.54, 1.807) is 18.2 Å². The predicted molar refractivity (Wildman–Crippen MR) is 81.6 cm³/mol. The average Bonchev–Trinajstić information content (AvgIpc) is 2.85. The van der Waals surface area contributed by atoms with E-state index in [4.69, 9.17) is 23.2 Å². The Morgan fingerprint density at radius 3 is 2.89 bits per heavy atom. The van der Waals surface area contributed by atoms with Crippen LogP contribution in [0, 0.1) is 5.92 Å². The van der Waals surface area contributed by atoms with Gasteiger partial charge < -0.3 is 10.6 Å². The van der Waals surface area contributed by atoms with Gasteiger partial charge in [-0.2, -0.15) is 0 Å². The molecule has 1 aliphatic heterocycles. The topological polar surface area (TPSA) is 41.1 Å². The van der Waals surface area contributed by atoms with Crippen molar-refractivity contribution in [3.63, 3.8) is 0 Å². The summed E-state index contributed by atoms with van der Waals surface area (Å²) >= 11 is 11.8. The minimum absolute atomic E-state index is 0. The first kappa shape index (κ1) is 16.6. The van der Waals surface area contributed by atoms with Crippen LogP contribution in [0.4, 0.5) is 0 Å². The summed E-state index contributed by atoms with van der Waals surface area (Å²) in [4.78, 5) is 11.9. The fourth-order valence-electron chi connectivity index (χ4n) is 2.12. The number of carbonyl (C=O) groups is 1. The number of hydrogen-bond acceptors (Lipinski definition) is 2. The Morgan fingerprint density at radius 1 is 1.42 bits per heavy atom. The van der Waals surface area contributed by atoms with Crippen LogP contribution in [-0.4, -0.2) is 25.5 Å². The fraction of sp³-hybridized carbons (Fsp3) is 0.462. The van der Waals surface area contributed by atoms with Crippen molar-refractivity contribution in [3.05, 3.63) is 33.8 Å². The second kappa shape index (κ2) is 7.95. The maximum atomic E-state index is 11.9. The van der Waals surface area contributed by atoms with Crippen molar-refractivity contribution < 1.29 is 4.79 Å². The summed E-state index contributed by atoms with van der Waals surface area (Å²) in [5.74, 6) is 0.508. The Bertz CT molecular complexity index is 434. The van der Waals surface area contributed by atoms with Gasteiger partial charge >= 0.3 is 0 Å². The number of hydrogen-bond donors (Lipinski definition) is 2. The molecule has 0 bridgehead atoms. The SMILES string of the molecule is Cl.O=C(NCCC1CCNC1)c1cc(Cl)ccc1Cl. The Hall–Kier alpha value is -0.480. The Labute approximate surface area is 129 Å². The number of benzene rings is 1. The lowest BCUT2D eigenvalue weighted by atomic mass is 10.1. The molecule has 0 aromatic heterocycles. The first-order valence-corrected chi connectivity index (χ1v) is 6.86. The van der Waals surface area contributed by atoms with Gasteiger partial charge in [-0.1, -0.05) is 23.2 Å². The summed E-state index contributed by atoms with van der Waals surface area (Å²) in [6.07, 6.45) is 2.19. The monoisotopic (exact) mass is 322 g/mol. The highest BCUT2D eigenvalue weighted by Crippen LogP contribution is 2.20. The van der Waals surface area contributed by atoms with E-state index in [2.05, 4.69) is 10.6 Å². The molecule has 1 heterocycles. The van der Waals surface area contributed by atoms with Crippen molar-refractivity contribution in [3.8, 4) is 0 Å². The van der Waals surface area contributed by atoms with Crippen LogP contribution in [-0.2, 0) is 0 Å². The first-order chi connectivity index (χ1) is 8.66. The van der Waals surface area contributed by atoms with E-state index in [0.717, 1.165) is 19.5 Å². The average molecular weight is 324 g/mol. The molecule has 1 aromatic carbocycles. The van der Waals surface area contributed by atoms with E-state index in [1.165, 1.54) is 6.42 Å². The molecule has 1 aromatic rings. The van der Waals surface area contributed by atoms with Crippen molar-refractivity contribution in [2.24, 2.45) is 5.92 Å². The van der Waals surface area contributed by atoms with Crippen molar-refractivity contribution >= 4 is 41.5 Å². The third-order valence-electron chi connectivity index (χ3n) is 3.17. The minimum atomic E-state index is -0.159. The largest absolute Gasteiger partial charge is 0.352 e. The lowest BCUT2D eigenvalue weighted by molar-refractivity contribution is 0.0952. The van der Waals surface area contributed by atoms with E-state index >= 15 is 0 Å². The maximum absolute atomic E-state index is 11.9. The van der Waals surface area contributed by atoms with Crippen molar-refractivity contribution in [1.82, 2.24) is 10.6 Å². The molecule has 0 saturated carbocycles. The quantitative estimate of drug-likeness (QED) is 0.894. The molecule has 6 heteroatoms. The number of rotatable bonds is 4. The molecular weight excluding hydrogens is 307 g/mol. The molecule has 19 heavy (non-hydrogen) atoms. The molecule has 106 valence electrons. The van der Waals surface area contributed by atoms with Gasteiger partial charge in [0.15, 0.2) is 0 Å². The lowest BCUT2D eigenvalue weighted by Crippen LogP contribution is -2.26. The normalized spacial score (nSPS) is 17.9. The zero-order chi connectivity index (χ0) is 13.0. The third-order valence-corrected chi connectivity index (χ3v) is 3.74. The predicted octanol–water partition coefficient (Wildman–Crippen LogP) is 3.14. The summed E-state index contributed by atoms with van der Waals surface area (Å²) in [5.41, 5.74) is 0.439.